The average Bonchev–Trinajstić information content (AvgIpc) is 2.62. The number of methoxy groups -OCH3 is 1. The standard InChI is InChI=1S/C18H22ClN3O2.HI/c1-20-18(21-10-11-24-16-6-4-3-5-7-16)22-13-14-8-9-15(19)12-17(14)23-2;/h3-9,12H,10-11,13H2,1-2H3,(H2,20,21,22);1H. The van der Waals surface area contributed by atoms with Crippen LogP contribution in [-0.2, 0) is 6.54 Å². The van der Waals surface area contributed by atoms with Gasteiger partial charge in [0.05, 0.1) is 13.7 Å². The molecule has 2 N–H and O–H groups in total. The predicted octanol–water partition coefficient (Wildman–Crippen LogP) is 3.71. The summed E-state index contributed by atoms with van der Waals surface area (Å²) in [6.45, 7) is 1.78. The molecule has 2 aromatic carbocycles. The Morgan fingerprint density at radius 2 is 1.88 bits per heavy atom. The van der Waals surface area contributed by atoms with Crippen LogP contribution in [0.3, 0.4) is 0 Å². The number of hydrogen-bond donors (Lipinski definition) is 2. The Bertz CT molecular complexity index is 669. The number of aliphatic imine (C=N–C) groups is 1. The van der Waals surface area contributed by atoms with E-state index in [-0.39, 0.29) is 24.0 Å². The Morgan fingerprint density at radius 3 is 2.56 bits per heavy atom. The van der Waals surface area contributed by atoms with E-state index in [1.807, 2.05) is 42.5 Å². The summed E-state index contributed by atoms with van der Waals surface area (Å²) in [5.41, 5.74) is 1.00. The van der Waals surface area contributed by atoms with Crippen molar-refractivity contribution in [1.82, 2.24) is 10.6 Å². The number of nitrogens with zero attached hydrogens (tertiary/aromatic N) is 1. The smallest absolute Gasteiger partial charge is 0.191 e. The van der Waals surface area contributed by atoms with Crippen molar-refractivity contribution >= 4 is 41.5 Å². The molecule has 25 heavy (non-hydrogen) atoms. The zero-order valence-electron chi connectivity index (χ0n) is 14.3. The second-order valence-electron chi connectivity index (χ2n) is 4.97. The van der Waals surface area contributed by atoms with Crippen LogP contribution >= 0.6 is 35.6 Å². The topological polar surface area (TPSA) is 54.9 Å². The number of para-hydroxylation sites is 1. The highest BCUT2D eigenvalue weighted by Crippen LogP contribution is 2.22. The maximum Gasteiger partial charge on any atom is 0.191 e. The van der Waals surface area contributed by atoms with Crippen LogP contribution in [0.2, 0.25) is 5.02 Å². The van der Waals surface area contributed by atoms with Crippen LogP contribution in [0.1, 0.15) is 5.56 Å². The van der Waals surface area contributed by atoms with Crippen molar-refractivity contribution in [2.75, 3.05) is 27.3 Å². The first-order valence-corrected chi connectivity index (χ1v) is 8.05. The molecule has 7 heteroatoms. The summed E-state index contributed by atoms with van der Waals surface area (Å²) < 4.78 is 11.0. The summed E-state index contributed by atoms with van der Waals surface area (Å²) in [6.07, 6.45) is 0. The van der Waals surface area contributed by atoms with E-state index in [2.05, 4.69) is 15.6 Å². The van der Waals surface area contributed by atoms with Crippen molar-refractivity contribution < 1.29 is 9.47 Å². The quantitative estimate of drug-likeness (QED) is 0.277. The maximum absolute atomic E-state index is 5.97. The van der Waals surface area contributed by atoms with Crippen LogP contribution in [0.4, 0.5) is 0 Å². The minimum atomic E-state index is 0. The SMILES string of the molecule is CN=C(NCCOc1ccccc1)NCc1ccc(Cl)cc1OC.I. The lowest BCUT2D eigenvalue weighted by molar-refractivity contribution is 0.322. The van der Waals surface area contributed by atoms with Gasteiger partial charge >= 0.3 is 0 Å². The molecule has 0 saturated carbocycles. The molecule has 0 spiro atoms. The zero-order valence-corrected chi connectivity index (χ0v) is 17.4. The van der Waals surface area contributed by atoms with Crippen molar-refractivity contribution in [3.8, 4) is 11.5 Å². The third-order valence-corrected chi connectivity index (χ3v) is 3.56. The van der Waals surface area contributed by atoms with Gasteiger partial charge in [0.2, 0.25) is 0 Å². The van der Waals surface area contributed by atoms with Gasteiger partial charge in [0, 0.05) is 24.2 Å². The number of benzene rings is 2. The average molecular weight is 476 g/mol. The van der Waals surface area contributed by atoms with Crippen LogP contribution in [0.5, 0.6) is 11.5 Å². The molecule has 0 radical (unpaired) electrons. The molecule has 5 nitrogen and oxygen atoms in total. The van der Waals surface area contributed by atoms with Gasteiger partial charge in [-0.05, 0) is 24.3 Å². The highest BCUT2D eigenvalue weighted by molar-refractivity contribution is 14.0. The van der Waals surface area contributed by atoms with Crippen LogP contribution < -0.4 is 20.1 Å². The molecule has 0 saturated heterocycles. The van der Waals surface area contributed by atoms with Crippen molar-refractivity contribution in [3.05, 3.63) is 59.1 Å². The summed E-state index contributed by atoms with van der Waals surface area (Å²) >= 11 is 5.97. The minimum Gasteiger partial charge on any atom is -0.496 e. The Hall–Kier alpha value is -1.67. The monoisotopic (exact) mass is 475 g/mol. The van der Waals surface area contributed by atoms with E-state index in [0.29, 0.717) is 30.7 Å². The van der Waals surface area contributed by atoms with Crippen LogP contribution in [0.25, 0.3) is 0 Å². The minimum absolute atomic E-state index is 0. The van der Waals surface area contributed by atoms with Gasteiger partial charge in [0.25, 0.3) is 0 Å². The lowest BCUT2D eigenvalue weighted by Gasteiger charge is -2.14. The fraction of sp³-hybridized carbons (Fsp3) is 0.278. The van der Waals surface area contributed by atoms with E-state index in [1.54, 1.807) is 20.2 Å². The first-order valence-electron chi connectivity index (χ1n) is 7.67. The van der Waals surface area contributed by atoms with Crippen molar-refractivity contribution in [2.45, 2.75) is 6.54 Å². The second kappa shape index (κ2) is 11.8. The highest BCUT2D eigenvalue weighted by atomic mass is 127. The zero-order chi connectivity index (χ0) is 17.2. The van der Waals surface area contributed by atoms with Crippen LogP contribution in [0, 0.1) is 0 Å². The summed E-state index contributed by atoms with van der Waals surface area (Å²) in [5, 5.41) is 7.09. The molecule has 0 aliphatic rings. The first kappa shape index (κ1) is 21.4. The Labute approximate surface area is 170 Å². The molecular formula is C18H23ClIN3O2. The van der Waals surface area contributed by atoms with E-state index in [4.69, 9.17) is 21.1 Å². The van der Waals surface area contributed by atoms with Gasteiger partial charge in [0.15, 0.2) is 5.96 Å². The molecule has 0 aliphatic carbocycles. The molecule has 0 amide bonds. The Balaban J connectivity index is 0.00000312. The van der Waals surface area contributed by atoms with Crippen molar-refractivity contribution in [1.29, 1.82) is 0 Å². The largest absolute Gasteiger partial charge is 0.496 e. The van der Waals surface area contributed by atoms with Crippen molar-refractivity contribution in [2.24, 2.45) is 4.99 Å². The first-order chi connectivity index (χ1) is 11.7. The van der Waals surface area contributed by atoms with E-state index in [0.717, 1.165) is 17.1 Å². The number of ether oxygens (including phenoxy) is 2. The van der Waals surface area contributed by atoms with Gasteiger partial charge in [-0.3, -0.25) is 4.99 Å². The van der Waals surface area contributed by atoms with E-state index in [9.17, 15) is 0 Å². The normalized spacial score (nSPS) is 10.6. The number of guanidine groups is 1. The van der Waals surface area contributed by atoms with Gasteiger partial charge in [-0.1, -0.05) is 35.9 Å². The molecule has 0 aromatic heterocycles. The lowest BCUT2D eigenvalue weighted by Crippen LogP contribution is -2.38. The summed E-state index contributed by atoms with van der Waals surface area (Å²) in [6, 6.07) is 15.3. The third-order valence-electron chi connectivity index (χ3n) is 3.33. The molecule has 0 heterocycles. The number of rotatable bonds is 7. The molecule has 0 atom stereocenters. The molecule has 0 bridgehead atoms. The molecule has 136 valence electrons. The van der Waals surface area contributed by atoms with E-state index >= 15 is 0 Å². The van der Waals surface area contributed by atoms with Crippen LogP contribution in [-0.4, -0.2) is 33.3 Å². The van der Waals surface area contributed by atoms with Gasteiger partial charge in [-0.25, -0.2) is 0 Å². The molecule has 0 unspecified atom stereocenters. The number of nitrogens with one attached hydrogen (secondary N) is 2. The fourth-order valence-corrected chi connectivity index (χ4v) is 2.28. The third kappa shape index (κ3) is 7.39. The van der Waals surface area contributed by atoms with Gasteiger partial charge in [-0.15, -0.1) is 24.0 Å². The summed E-state index contributed by atoms with van der Waals surface area (Å²) in [7, 11) is 3.36. The highest BCUT2D eigenvalue weighted by Gasteiger charge is 2.05. The van der Waals surface area contributed by atoms with Crippen molar-refractivity contribution in [3.63, 3.8) is 0 Å². The predicted molar refractivity (Wildman–Crippen MR) is 114 cm³/mol. The number of halogens is 2. The fourth-order valence-electron chi connectivity index (χ4n) is 2.12. The Kier molecular flexibility index (Phi) is 10.1. The maximum atomic E-state index is 5.97. The van der Waals surface area contributed by atoms with Gasteiger partial charge in [0.1, 0.15) is 18.1 Å². The van der Waals surface area contributed by atoms with Crippen LogP contribution in [0.15, 0.2) is 53.5 Å². The van der Waals surface area contributed by atoms with E-state index < -0.39 is 0 Å². The van der Waals surface area contributed by atoms with Gasteiger partial charge in [-0.2, -0.15) is 0 Å². The molecule has 0 fully saturated rings. The summed E-state index contributed by atoms with van der Waals surface area (Å²) in [5.74, 6) is 2.30. The molecular weight excluding hydrogens is 453 g/mol. The molecule has 0 aliphatic heterocycles. The molecule has 2 aromatic rings. The Morgan fingerprint density at radius 1 is 1.12 bits per heavy atom. The molecule has 2 rings (SSSR count). The summed E-state index contributed by atoms with van der Waals surface area (Å²) in [4.78, 5) is 4.19. The second-order valence-corrected chi connectivity index (χ2v) is 5.41. The van der Waals surface area contributed by atoms with E-state index in [1.165, 1.54) is 0 Å². The lowest BCUT2D eigenvalue weighted by atomic mass is 10.2. The number of hydrogen-bond acceptors (Lipinski definition) is 3. The van der Waals surface area contributed by atoms with Gasteiger partial charge < -0.3 is 20.1 Å².